The van der Waals surface area contributed by atoms with Gasteiger partial charge in [0.1, 0.15) is 11.5 Å². The molecule has 1 aromatic carbocycles. The second kappa shape index (κ2) is 9.05. The van der Waals surface area contributed by atoms with E-state index in [2.05, 4.69) is 20.1 Å². The van der Waals surface area contributed by atoms with Crippen LogP contribution >= 0.6 is 0 Å². The maximum absolute atomic E-state index is 13.4. The predicted molar refractivity (Wildman–Crippen MR) is 119 cm³/mol. The highest BCUT2D eigenvalue weighted by atomic mass is 19.1. The van der Waals surface area contributed by atoms with Gasteiger partial charge < -0.3 is 4.90 Å². The van der Waals surface area contributed by atoms with Crippen molar-refractivity contribution in [3.05, 3.63) is 84.2 Å². The Bertz CT molecular complexity index is 1220. The predicted octanol–water partition coefficient (Wildman–Crippen LogP) is 4.01. The average Bonchev–Trinajstić information content (AvgIpc) is 3.27. The van der Waals surface area contributed by atoms with Crippen LogP contribution in [0, 0.1) is 12.7 Å². The van der Waals surface area contributed by atoms with Crippen LogP contribution in [-0.2, 0) is 6.54 Å². The third-order valence-electron chi connectivity index (χ3n) is 5.28. The van der Waals surface area contributed by atoms with E-state index >= 15 is 0 Å². The Hall–Kier alpha value is -3.94. The third-order valence-corrected chi connectivity index (χ3v) is 5.28. The maximum Gasteiger partial charge on any atom is 0.254 e. The fraction of sp³-hybridized carbons (Fsp3) is 0.208. The molecule has 1 amide bonds. The molecular formula is C24H23FN6O. The zero-order valence-electron chi connectivity index (χ0n) is 18.1. The summed E-state index contributed by atoms with van der Waals surface area (Å²) in [7, 11) is 1.77. The standard InChI is InChI=1S/C24H23FN6O/c1-16-5-7-19(23-26-10-4-11-27-23)20(13-16)24(32)30(3)17(2)15-31-12-9-22(29-31)21-8-6-18(25)14-28-21/h4-14,17H,15H2,1-3H3/t17-/m0/s1. The molecule has 7 nitrogen and oxygen atoms in total. The molecule has 3 aromatic heterocycles. The number of hydrogen-bond donors (Lipinski definition) is 0. The first kappa shape index (κ1) is 21.3. The van der Waals surface area contributed by atoms with E-state index in [0.717, 1.165) is 5.56 Å². The van der Waals surface area contributed by atoms with Gasteiger partial charge in [-0.25, -0.2) is 14.4 Å². The molecule has 4 rings (SSSR count). The highest BCUT2D eigenvalue weighted by Crippen LogP contribution is 2.23. The van der Waals surface area contributed by atoms with Crippen LogP contribution in [0.5, 0.6) is 0 Å². The van der Waals surface area contributed by atoms with Crippen molar-refractivity contribution in [3.63, 3.8) is 0 Å². The van der Waals surface area contributed by atoms with Gasteiger partial charge in [0.05, 0.1) is 24.0 Å². The van der Waals surface area contributed by atoms with Crippen LogP contribution in [-0.4, -0.2) is 48.6 Å². The van der Waals surface area contributed by atoms with Crippen molar-refractivity contribution in [3.8, 4) is 22.8 Å². The Balaban J connectivity index is 1.53. The Morgan fingerprint density at radius 1 is 1.09 bits per heavy atom. The quantitative estimate of drug-likeness (QED) is 0.462. The van der Waals surface area contributed by atoms with E-state index in [1.54, 1.807) is 41.2 Å². The van der Waals surface area contributed by atoms with Crippen LogP contribution < -0.4 is 0 Å². The molecule has 0 unspecified atom stereocenters. The molecule has 4 aromatic rings. The zero-order valence-corrected chi connectivity index (χ0v) is 18.1. The molecule has 3 heterocycles. The number of halogens is 1. The summed E-state index contributed by atoms with van der Waals surface area (Å²) in [6, 6.07) is 12.1. The minimum atomic E-state index is -0.390. The van der Waals surface area contributed by atoms with Crippen molar-refractivity contribution in [2.75, 3.05) is 7.05 Å². The summed E-state index contributed by atoms with van der Waals surface area (Å²) >= 11 is 0. The van der Waals surface area contributed by atoms with Gasteiger partial charge in [0.15, 0.2) is 5.82 Å². The number of aromatic nitrogens is 5. The van der Waals surface area contributed by atoms with Crippen LogP contribution in [0.2, 0.25) is 0 Å². The van der Waals surface area contributed by atoms with Crippen molar-refractivity contribution >= 4 is 5.91 Å². The highest BCUT2D eigenvalue weighted by molar-refractivity contribution is 6.00. The summed E-state index contributed by atoms with van der Waals surface area (Å²) in [6.45, 7) is 4.40. The molecule has 0 spiro atoms. The van der Waals surface area contributed by atoms with E-state index in [4.69, 9.17) is 0 Å². The van der Waals surface area contributed by atoms with Gasteiger partial charge >= 0.3 is 0 Å². The Labute approximate surface area is 185 Å². The second-order valence-electron chi connectivity index (χ2n) is 7.67. The average molecular weight is 430 g/mol. The van der Waals surface area contributed by atoms with Crippen LogP contribution in [0.1, 0.15) is 22.8 Å². The van der Waals surface area contributed by atoms with E-state index in [-0.39, 0.29) is 11.9 Å². The molecule has 8 heteroatoms. The fourth-order valence-electron chi connectivity index (χ4n) is 3.38. The first-order valence-electron chi connectivity index (χ1n) is 10.2. The van der Waals surface area contributed by atoms with E-state index in [1.807, 2.05) is 44.3 Å². The molecule has 32 heavy (non-hydrogen) atoms. The summed E-state index contributed by atoms with van der Waals surface area (Å²) < 4.78 is 14.9. The van der Waals surface area contributed by atoms with Crippen molar-refractivity contribution in [2.45, 2.75) is 26.4 Å². The summed E-state index contributed by atoms with van der Waals surface area (Å²) in [4.78, 5) is 27.7. The summed E-state index contributed by atoms with van der Waals surface area (Å²) in [5.41, 5.74) is 3.48. The molecule has 0 aliphatic heterocycles. The van der Waals surface area contributed by atoms with Gasteiger partial charge in [0.25, 0.3) is 5.91 Å². The van der Waals surface area contributed by atoms with E-state index in [0.29, 0.717) is 34.9 Å². The first-order chi connectivity index (χ1) is 15.4. The minimum absolute atomic E-state index is 0.115. The number of carbonyl (C=O) groups excluding carboxylic acids is 1. The van der Waals surface area contributed by atoms with Crippen LogP contribution in [0.25, 0.3) is 22.8 Å². The smallest absolute Gasteiger partial charge is 0.254 e. The number of amides is 1. The van der Waals surface area contributed by atoms with Crippen molar-refractivity contribution in [2.24, 2.45) is 0 Å². The van der Waals surface area contributed by atoms with Crippen molar-refractivity contribution < 1.29 is 9.18 Å². The second-order valence-corrected chi connectivity index (χ2v) is 7.67. The van der Waals surface area contributed by atoms with E-state index < -0.39 is 5.82 Å². The van der Waals surface area contributed by atoms with Gasteiger partial charge in [-0.05, 0) is 44.2 Å². The van der Waals surface area contributed by atoms with Gasteiger partial charge in [0.2, 0.25) is 0 Å². The van der Waals surface area contributed by atoms with E-state index in [9.17, 15) is 9.18 Å². The van der Waals surface area contributed by atoms with Crippen LogP contribution in [0.15, 0.2) is 67.3 Å². The lowest BCUT2D eigenvalue weighted by Crippen LogP contribution is -2.38. The Morgan fingerprint density at radius 3 is 2.59 bits per heavy atom. The molecule has 0 fully saturated rings. The molecule has 162 valence electrons. The van der Waals surface area contributed by atoms with E-state index in [1.165, 1.54) is 12.3 Å². The molecule has 0 aliphatic carbocycles. The van der Waals surface area contributed by atoms with Crippen molar-refractivity contribution in [1.82, 2.24) is 29.6 Å². The Kier molecular flexibility index (Phi) is 6.02. The lowest BCUT2D eigenvalue weighted by molar-refractivity contribution is 0.0728. The van der Waals surface area contributed by atoms with Gasteiger partial charge in [-0.15, -0.1) is 0 Å². The molecule has 0 radical (unpaired) electrons. The van der Waals surface area contributed by atoms with Crippen LogP contribution in [0.4, 0.5) is 4.39 Å². The number of pyridine rings is 1. The minimum Gasteiger partial charge on any atom is -0.337 e. The number of rotatable bonds is 6. The number of likely N-dealkylation sites (N-methyl/N-ethyl adjacent to an activating group) is 1. The number of aryl methyl sites for hydroxylation is 1. The summed E-state index contributed by atoms with van der Waals surface area (Å²) in [6.07, 6.45) is 6.31. The number of carbonyl (C=O) groups is 1. The largest absolute Gasteiger partial charge is 0.337 e. The molecule has 0 N–H and O–H groups in total. The lowest BCUT2D eigenvalue weighted by atomic mass is 10.0. The zero-order chi connectivity index (χ0) is 22.7. The molecule has 0 aliphatic rings. The Morgan fingerprint density at radius 2 is 1.88 bits per heavy atom. The molecule has 0 bridgehead atoms. The summed E-state index contributed by atoms with van der Waals surface area (Å²) in [5, 5.41) is 4.52. The van der Waals surface area contributed by atoms with Gasteiger partial charge in [-0.3, -0.25) is 14.5 Å². The molecule has 0 saturated heterocycles. The number of hydrogen-bond acceptors (Lipinski definition) is 5. The topological polar surface area (TPSA) is 76.8 Å². The van der Waals surface area contributed by atoms with Gasteiger partial charge in [-0.2, -0.15) is 5.10 Å². The number of benzene rings is 1. The number of nitrogens with zero attached hydrogens (tertiary/aromatic N) is 6. The third kappa shape index (κ3) is 4.54. The SMILES string of the molecule is Cc1ccc(-c2ncccn2)c(C(=O)N(C)[C@@H](C)Cn2ccc(-c3ccc(F)cn3)n2)c1. The van der Waals surface area contributed by atoms with Crippen LogP contribution in [0.3, 0.4) is 0 Å². The monoisotopic (exact) mass is 430 g/mol. The molecular weight excluding hydrogens is 407 g/mol. The normalized spacial score (nSPS) is 11.9. The summed E-state index contributed by atoms with van der Waals surface area (Å²) in [5.74, 6) is 0.00927. The fourth-order valence-corrected chi connectivity index (χ4v) is 3.38. The first-order valence-corrected chi connectivity index (χ1v) is 10.2. The highest BCUT2D eigenvalue weighted by Gasteiger charge is 2.22. The molecule has 0 saturated carbocycles. The van der Waals surface area contributed by atoms with Gasteiger partial charge in [-0.1, -0.05) is 17.7 Å². The van der Waals surface area contributed by atoms with Crippen molar-refractivity contribution in [1.29, 1.82) is 0 Å². The van der Waals surface area contributed by atoms with Gasteiger partial charge in [0, 0.05) is 37.2 Å². The lowest BCUT2D eigenvalue weighted by Gasteiger charge is -2.26. The maximum atomic E-state index is 13.4. The molecule has 1 atom stereocenters.